The Hall–Kier alpha value is -2.38. The van der Waals surface area contributed by atoms with Crippen LogP contribution in [0.1, 0.15) is 38.3 Å². The summed E-state index contributed by atoms with van der Waals surface area (Å²) in [6.07, 6.45) is -1.05. The van der Waals surface area contributed by atoms with E-state index in [1.807, 2.05) is 54.6 Å². The predicted octanol–water partition coefficient (Wildman–Crippen LogP) is 4.68. The number of aliphatic hydroxyl groups excluding tert-OH is 1. The fourth-order valence-electron chi connectivity index (χ4n) is 3.63. The first-order valence-corrected chi connectivity index (χ1v) is 11.1. The molecule has 0 radical (unpaired) electrons. The lowest BCUT2D eigenvalue weighted by Crippen LogP contribution is -2.48. The van der Waals surface area contributed by atoms with E-state index in [1.54, 1.807) is 20.8 Å². The average Bonchev–Trinajstić information content (AvgIpc) is 3.04. The van der Waals surface area contributed by atoms with Crippen molar-refractivity contribution in [2.75, 3.05) is 0 Å². The van der Waals surface area contributed by atoms with Gasteiger partial charge >= 0.3 is 12.1 Å². The summed E-state index contributed by atoms with van der Waals surface area (Å²) in [6, 6.07) is 16.2. The smallest absolute Gasteiger partial charge is 0.413 e. The molecule has 6 nitrogen and oxygen atoms in total. The molecule has 0 bridgehead atoms. The third-order valence-corrected chi connectivity index (χ3v) is 5.61. The minimum atomic E-state index is -1.15. The van der Waals surface area contributed by atoms with Gasteiger partial charge in [-0.05, 0) is 56.9 Å². The summed E-state index contributed by atoms with van der Waals surface area (Å²) < 4.78 is 11.9. The zero-order valence-corrected chi connectivity index (χ0v) is 19.5. The van der Waals surface area contributed by atoms with Gasteiger partial charge in [0, 0.05) is 10.4 Å². The highest BCUT2D eigenvalue weighted by Gasteiger charge is 2.48. The molecule has 7 heteroatoms. The van der Waals surface area contributed by atoms with Gasteiger partial charge in [0.1, 0.15) is 24.5 Å². The number of amides is 1. The van der Waals surface area contributed by atoms with E-state index in [0.717, 1.165) is 20.5 Å². The van der Waals surface area contributed by atoms with Crippen molar-refractivity contribution in [3.05, 3.63) is 70.2 Å². The number of hydrogen-bond donors (Lipinski definition) is 1. The molecule has 31 heavy (non-hydrogen) atoms. The first kappa shape index (κ1) is 23.3. The molecule has 1 aliphatic heterocycles. The summed E-state index contributed by atoms with van der Waals surface area (Å²) in [5, 5.41) is 10.9. The van der Waals surface area contributed by atoms with Gasteiger partial charge < -0.3 is 14.6 Å². The quantitative estimate of drug-likeness (QED) is 0.617. The molecular weight excluding hydrogens is 462 g/mol. The zero-order valence-electron chi connectivity index (χ0n) is 18.0. The number of carbonyl (C=O) groups excluding carboxylic acids is 2. The molecule has 0 aromatic heterocycles. The number of esters is 1. The number of hydrogen-bond acceptors (Lipinski definition) is 5. The minimum absolute atomic E-state index is 0.103. The van der Waals surface area contributed by atoms with Crippen molar-refractivity contribution in [3.8, 4) is 0 Å². The molecule has 1 amide bonds. The first-order valence-electron chi connectivity index (χ1n) is 10.3. The van der Waals surface area contributed by atoms with Crippen molar-refractivity contribution < 1.29 is 24.2 Å². The Morgan fingerprint density at radius 1 is 1.06 bits per heavy atom. The van der Waals surface area contributed by atoms with E-state index >= 15 is 0 Å². The van der Waals surface area contributed by atoms with Gasteiger partial charge in [0.25, 0.3) is 0 Å². The van der Waals surface area contributed by atoms with E-state index in [-0.39, 0.29) is 12.5 Å². The van der Waals surface area contributed by atoms with Crippen LogP contribution < -0.4 is 0 Å². The van der Waals surface area contributed by atoms with E-state index < -0.39 is 29.9 Å². The normalized spacial score (nSPS) is 21.1. The SMILES string of the molecule is CC(C)(C)OC(=O)N1C(O)[C@@H](Cc2ccc(Br)cc2)C[C@@H]1C(=O)OCc1ccccc1. The van der Waals surface area contributed by atoms with Gasteiger partial charge in [0.15, 0.2) is 0 Å². The number of ether oxygens (including phenoxy) is 2. The first-order chi connectivity index (χ1) is 14.6. The Kier molecular flexibility index (Phi) is 7.38. The van der Waals surface area contributed by atoms with Crippen molar-refractivity contribution in [2.45, 2.75) is 58.1 Å². The number of carbonyl (C=O) groups is 2. The van der Waals surface area contributed by atoms with E-state index in [1.165, 1.54) is 0 Å². The molecule has 1 fully saturated rings. The van der Waals surface area contributed by atoms with Crippen LogP contribution in [-0.4, -0.2) is 39.9 Å². The molecule has 0 aliphatic carbocycles. The average molecular weight is 490 g/mol. The highest BCUT2D eigenvalue weighted by Crippen LogP contribution is 2.33. The lowest BCUT2D eigenvalue weighted by molar-refractivity contribution is -0.152. The summed E-state index contributed by atoms with van der Waals surface area (Å²) in [5.74, 6) is -0.866. The fraction of sp³-hybridized carbons (Fsp3) is 0.417. The van der Waals surface area contributed by atoms with Gasteiger partial charge in [-0.1, -0.05) is 58.4 Å². The summed E-state index contributed by atoms with van der Waals surface area (Å²) >= 11 is 3.41. The molecule has 3 atom stereocenters. The number of aliphatic hydroxyl groups is 1. The highest BCUT2D eigenvalue weighted by molar-refractivity contribution is 9.10. The molecule has 3 rings (SSSR count). The van der Waals surface area contributed by atoms with Crippen molar-refractivity contribution in [1.82, 2.24) is 4.90 Å². The van der Waals surface area contributed by atoms with Gasteiger partial charge in [-0.15, -0.1) is 0 Å². The number of nitrogens with zero attached hydrogens (tertiary/aromatic N) is 1. The molecule has 1 N–H and O–H groups in total. The molecule has 1 aliphatic rings. The molecule has 1 unspecified atom stereocenters. The maximum absolute atomic E-state index is 12.9. The van der Waals surface area contributed by atoms with Crippen molar-refractivity contribution in [1.29, 1.82) is 0 Å². The second-order valence-corrected chi connectivity index (χ2v) is 9.65. The Labute approximate surface area is 191 Å². The number of benzene rings is 2. The maximum Gasteiger partial charge on any atom is 0.413 e. The summed E-state index contributed by atoms with van der Waals surface area (Å²) in [6.45, 7) is 5.34. The lowest BCUT2D eigenvalue weighted by atomic mass is 9.95. The van der Waals surface area contributed by atoms with E-state index in [0.29, 0.717) is 12.8 Å². The van der Waals surface area contributed by atoms with E-state index in [4.69, 9.17) is 9.47 Å². The monoisotopic (exact) mass is 489 g/mol. The van der Waals surface area contributed by atoms with Gasteiger partial charge in [0.2, 0.25) is 0 Å². The van der Waals surface area contributed by atoms with Crippen LogP contribution in [0.25, 0.3) is 0 Å². The Balaban J connectivity index is 1.76. The summed E-state index contributed by atoms with van der Waals surface area (Å²) in [7, 11) is 0. The number of halogens is 1. The molecule has 1 saturated heterocycles. The van der Waals surface area contributed by atoms with Crippen molar-refractivity contribution in [2.24, 2.45) is 5.92 Å². The van der Waals surface area contributed by atoms with Crippen LogP contribution in [-0.2, 0) is 27.3 Å². The van der Waals surface area contributed by atoms with Crippen LogP contribution in [0.5, 0.6) is 0 Å². The predicted molar refractivity (Wildman–Crippen MR) is 120 cm³/mol. The largest absolute Gasteiger partial charge is 0.459 e. The molecular formula is C24H28BrNO5. The molecule has 0 saturated carbocycles. The van der Waals surface area contributed by atoms with Crippen LogP contribution in [0.3, 0.4) is 0 Å². The van der Waals surface area contributed by atoms with E-state index in [2.05, 4.69) is 15.9 Å². The summed E-state index contributed by atoms with van der Waals surface area (Å²) in [4.78, 5) is 26.9. The highest BCUT2D eigenvalue weighted by atomic mass is 79.9. The van der Waals surface area contributed by atoms with Crippen molar-refractivity contribution >= 4 is 28.0 Å². The van der Waals surface area contributed by atoms with E-state index in [9.17, 15) is 14.7 Å². The van der Waals surface area contributed by atoms with Gasteiger partial charge in [-0.25, -0.2) is 9.59 Å². The molecule has 0 spiro atoms. The molecule has 166 valence electrons. The fourth-order valence-corrected chi connectivity index (χ4v) is 3.89. The van der Waals surface area contributed by atoms with Gasteiger partial charge in [0.05, 0.1) is 0 Å². The standard InChI is InChI=1S/C24H28BrNO5/c1-24(2,3)31-23(29)26-20(22(28)30-15-17-7-5-4-6-8-17)14-18(21(26)27)13-16-9-11-19(25)12-10-16/h4-12,18,20-21,27H,13-15H2,1-3H3/t18-,20+,21?/m0/s1. The number of rotatable bonds is 5. The Morgan fingerprint density at radius 3 is 2.32 bits per heavy atom. The lowest BCUT2D eigenvalue weighted by Gasteiger charge is -2.30. The third-order valence-electron chi connectivity index (χ3n) is 5.08. The van der Waals surface area contributed by atoms with Gasteiger partial charge in [-0.2, -0.15) is 0 Å². The Morgan fingerprint density at radius 2 is 1.71 bits per heavy atom. The maximum atomic E-state index is 12.9. The second kappa shape index (κ2) is 9.83. The summed E-state index contributed by atoms with van der Waals surface area (Å²) in [5.41, 5.74) is 1.11. The van der Waals surface area contributed by atoms with Crippen LogP contribution in [0, 0.1) is 5.92 Å². The van der Waals surface area contributed by atoms with Crippen LogP contribution in [0.15, 0.2) is 59.1 Å². The minimum Gasteiger partial charge on any atom is -0.459 e. The molecule has 1 heterocycles. The Bertz CT molecular complexity index is 894. The van der Waals surface area contributed by atoms with Crippen LogP contribution in [0.4, 0.5) is 4.79 Å². The third kappa shape index (κ3) is 6.31. The van der Waals surface area contributed by atoms with Gasteiger partial charge in [-0.3, -0.25) is 4.90 Å². The molecule has 2 aromatic rings. The topological polar surface area (TPSA) is 76.1 Å². The second-order valence-electron chi connectivity index (χ2n) is 8.74. The molecule has 2 aromatic carbocycles. The van der Waals surface area contributed by atoms with Crippen molar-refractivity contribution in [3.63, 3.8) is 0 Å². The zero-order chi connectivity index (χ0) is 22.6. The van der Waals surface area contributed by atoms with Crippen LogP contribution in [0.2, 0.25) is 0 Å². The number of likely N-dealkylation sites (tertiary alicyclic amines) is 1. The van der Waals surface area contributed by atoms with Crippen LogP contribution >= 0.6 is 15.9 Å².